The maximum atomic E-state index is 11.3. The average Bonchev–Trinajstić information content (AvgIpc) is 2.14. The summed E-state index contributed by atoms with van der Waals surface area (Å²) < 4.78 is 5.03. The predicted octanol–water partition coefficient (Wildman–Crippen LogP) is 4.27. The van der Waals surface area contributed by atoms with E-state index in [1.807, 2.05) is 26.8 Å². The standard InChI is InChI=1S/C15H26O2/c1-12(2)9-7-6-8-10-14(5)11-15(16)17-13(3)4/h8,10-13H,6-7,9H2,1-5H3. The third-order valence-electron chi connectivity index (χ3n) is 2.23. The highest BCUT2D eigenvalue weighted by Gasteiger charge is 2.00. The van der Waals surface area contributed by atoms with E-state index in [2.05, 4.69) is 19.9 Å². The van der Waals surface area contributed by atoms with Crippen molar-refractivity contribution in [1.82, 2.24) is 0 Å². The number of hydrogen-bond donors (Lipinski definition) is 0. The minimum atomic E-state index is -0.260. The van der Waals surface area contributed by atoms with E-state index in [1.165, 1.54) is 12.8 Å². The quantitative estimate of drug-likeness (QED) is 0.286. The van der Waals surface area contributed by atoms with Gasteiger partial charge in [0.1, 0.15) is 0 Å². The molecule has 0 radical (unpaired) electrons. The first-order valence-corrected chi connectivity index (χ1v) is 6.47. The van der Waals surface area contributed by atoms with E-state index >= 15 is 0 Å². The Balaban J connectivity index is 3.90. The lowest BCUT2D eigenvalue weighted by atomic mass is 10.1. The fraction of sp³-hybridized carbons (Fsp3) is 0.667. The van der Waals surface area contributed by atoms with Crippen LogP contribution < -0.4 is 0 Å². The Bertz CT molecular complexity index is 273. The van der Waals surface area contributed by atoms with Gasteiger partial charge in [-0.3, -0.25) is 0 Å². The number of esters is 1. The van der Waals surface area contributed by atoms with Crippen LogP contribution in [0.5, 0.6) is 0 Å². The Morgan fingerprint density at radius 3 is 2.41 bits per heavy atom. The average molecular weight is 238 g/mol. The van der Waals surface area contributed by atoms with Crippen LogP contribution in [0.15, 0.2) is 23.8 Å². The van der Waals surface area contributed by atoms with Crippen LogP contribution in [0.1, 0.15) is 53.9 Å². The molecule has 0 saturated carbocycles. The van der Waals surface area contributed by atoms with Crippen LogP contribution in [0.2, 0.25) is 0 Å². The zero-order valence-electron chi connectivity index (χ0n) is 11.8. The van der Waals surface area contributed by atoms with Gasteiger partial charge in [-0.2, -0.15) is 0 Å². The Morgan fingerprint density at radius 2 is 1.88 bits per heavy atom. The second kappa shape index (κ2) is 9.03. The monoisotopic (exact) mass is 238 g/mol. The molecule has 0 heterocycles. The molecule has 0 aliphatic carbocycles. The Morgan fingerprint density at radius 1 is 1.24 bits per heavy atom. The highest BCUT2D eigenvalue weighted by Crippen LogP contribution is 2.07. The van der Waals surface area contributed by atoms with Crippen molar-refractivity contribution in [1.29, 1.82) is 0 Å². The summed E-state index contributed by atoms with van der Waals surface area (Å²) in [4.78, 5) is 11.3. The molecule has 0 atom stereocenters. The van der Waals surface area contributed by atoms with Gasteiger partial charge in [0.05, 0.1) is 6.10 Å². The molecule has 2 nitrogen and oxygen atoms in total. The SMILES string of the molecule is CC(C=CCCCC(C)C)=CC(=O)OC(C)C. The van der Waals surface area contributed by atoms with Crippen LogP contribution in [0.25, 0.3) is 0 Å². The molecule has 0 aliphatic heterocycles. The van der Waals surface area contributed by atoms with Gasteiger partial charge >= 0.3 is 5.97 Å². The molecule has 0 rings (SSSR count). The van der Waals surface area contributed by atoms with Crippen molar-refractivity contribution in [2.24, 2.45) is 5.92 Å². The number of carbonyl (C=O) groups is 1. The van der Waals surface area contributed by atoms with Gasteiger partial charge in [-0.25, -0.2) is 4.79 Å². The third-order valence-corrected chi connectivity index (χ3v) is 2.23. The summed E-state index contributed by atoms with van der Waals surface area (Å²) >= 11 is 0. The highest BCUT2D eigenvalue weighted by atomic mass is 16.5. The normalized spacial score (nSPS) is 12.8. The smallest absolute Gasteiger partial charge is 0.331 e. The third kappa shape index (κ3) is 11.2. The van der Waals surface area contributed by atoms with Gasteiger partial charge in [-0.15, -0.1) is 0 Å². The summed E-state index contributed by atoms with van der Waals surface area (Å²) in [7, 11) is 0. The largest absolute Gasteiger partial charge is 0.460 e. The maximum absolute atomic E-state index is 11.3. The van der Waals surface area contributed by atoms with E-state index in [4.69, 9.17) is 4.74 Å². The molecular formula is C15H26O2. The van der Waals surface area contributed by atoms with Crippen LogP contribution in [0, 0.1) is 5.92 Å². The summed E-state index contributed by atoms with van der Waals surface area (Å²) in [5.74, 6) is 0.505. The van der Waals surface area contributed by atoms with Gasteiger partial charge in [0.15, 0.2) is 0 Å². The van der Waals surface area contributed by atoms with Gasteiger partial charge in [-0.05, 0) is 45.1 Å². The van der Waals surface area contributed by atoms with E-state index in [0.29, 0.717) is 0 Å². The minimum absolute atomic E-state index is 0.0541. The van der Waals surface area contributed by atoms with Gasteiger partial charge in [0.25, 0.3) is 0 Å². The molecule has 0 fully saturated rings. The van der Waals surface area contributed by atoms with E-state index in [-0.39, 0.29) is 12.1 Å². The summed E-state index contributed by atoms with van der Waals surface area (Å²) in [6, 6.07) is 0. The molecule has 0 bridgehead atoms. The topological polar surface area (TPSA) is 26.3 Å². The predicted molar refractivity (Wildman–Crippen MR) is 72.8 cm³/mol. The van der Waals surface area contributed by atoms with Gasteiger partial charge in [0, 0.05) is 6.08 Å². The minimum Gasteiger partial charge on any atom is -0.460 e. The molecule has 0 aliphatic rings. The zero-order chi connectivity index (χ0) is 13.3. The van der Waals surface area contributed by atoms with Gasteiger partial charge < -0.3 is 4.74 Å². The van der Waals surface area contributed by atoms with Crippen LogP contribution in [-0.2, 0) is 9.53 Å². The molecule has 0 spiro atoms. The highest BCUT2D eigenvalue weighted by molar-refractivity contribution is 5.83. The summed E-state index contributed by atoms with van der Waals surface area (Å²) in [6.07, 6.45) is 9.13. The van der Waals surface area contributed by atoms with E-state index < -0.39 is 0 Å². The Hall–Kier alpha value is -1.05. The Labute approximate surface area is 106 Å². The molecule has 0 unspecified atom stereocenters. The lowest BCUT2D eigenvalue weighted by molar-refractivity contribution is -0.141. The number of unbranched alkanes of at least 4 members (excludes halogenated alkanes) is 1. The maximum Gasteiger partial charge on any atom is 0.331 e. The summed E-state index contributed by atoms with van der Waals surface area (Å²) in [6.45, 7) is 10.1. The molecule has 2 heteroatoms. The number of allylic oxidation sites excluding steroid dienone is 3. The van der Waals surface area contributed by atoms with Crippen molar-refractivity contribution in [2.45, 2.75) is 60.0 Å². The first-order chi connectivity index (χ1) is 7.91. The van der Waals surface area contributed by atoms with E-state index in [0.717, 1.165) is 17.9 Å². The second-order valence-corrected chi connectivity index (χ2v) is 5.10. The molecule has 0 N–H and O–H groups in total. The van der Waals surface area contributed by atoms with Crippen LogP contribution >= 0.6 is 0 Å². The van der Waals surface area contributed by atoms with Crippen LogP contribution in [-0.4, -0.2) is 12.1 Å². The molecule has 98 valence electrons. The van der Waals surface area contributed by atoms with Crippen molar-refractivity contribution in [3.05, 3.63) is 23.8 Å². The Kier molecular flexibility index (Phi) is 8.47. The van der Waals surface area contributed by atoms with Gasteiger partial charge in [-0.1, -0.05) is 32.4 Å². The molecule has 0 amide bonds. The van der Waals surface area contributed by atoms with Gasteiger partial charge in [0.2, 0.25) is 0 Å². The first-order valence-electron chi connectivity index (χ1n) is 6.47. The first kappa shape index (κ1) is 16.0. The summed E-state index contributed by atoms with van der Waals surface area (Å²) in [5, 5.41) is 0. The second-order valence-electron chi connectivity index (χ2n) is 5.10. The van der Waals surface area contributed by atoms with Crippen molar-refractivity contribution < 1.29 is 9.53 Å². The van der Waals surface area contributed by atoms with Crippen molar-refractivity contribution in [2.75, 3.05) is 0 Å². The van der Waals surface area contributed by atoms with Crippen LogP contribution in [0.3, 0.4) is 0 Å². The lowest BCUT2D eigenvalue weighted by Crippen LogP contribution is -2.08. The fourth-order valence-electron chi connectivity index (χ4n) is 1.41. The van der Waals surface area contributed by atoms with Crippen molar-refractivity contribution >= 4 is 5.97 Å². The molecular weight excluding hydrogens is 212 g/mol. The number of rotatable bonds is 7. The molecule has 17 heavy (non-hydrogen) atoms. The molecule has 0 aromatic heterocycles. The molecule has 0 aromatic rings. The zero-order valence-corrected chi connectivity index (χ0v) is 11.8. The van der Waals surface area contributed by atoms with Crippen LogP contribution in [0.4, 0.5) is 0 Å². The lowest BCUT2D eigenvalue weighted by Gasteiger charge is -2.04. The van der Waals surface area contributed by atoms with Crippen molar-refractivity contribution in [3.63, 3.8) is 0 Å². The van der Waals surface area contributed by atoms with Crippen molar-refractivity contribution in [3.8, 4) is 0 Å². The number of ether oxygens (including phenoxy) is 1. The number of hydrogen-bond acceptors (Lipinski definition) is 2. The fourth-order valence-corrected chi connectivity index (χ4v) is 1.41. The van der Waals surface area contributed by atoms with E-state index in [9.17, 15) is 4.79 Å². The molecule has 0 aromatic carbocycles. The number of carbonyl (C=O) groups excluding carboxylic acids is 1. The summed E-state index contributed by atoms with van der Waals surface area (Å²) in [5.41, 5.74) is 0.945. The van der Waals surface area contributed by atoms with E-state index in [1.54, 1.807) is 6.08 Å². The molecule has 0 saturated heterocycles.